The minimum absolute atomic E-state index is 0.132. The molecular formula is C18H20BrN3O. The summed E-state index contributed by atoms with van der Waals surface area (Å²) in [5, 5.41) is 6.33. The van der Waals surface area contributed by atoms with Gasteiger partial charge in [0.15, 0.2) is 0 Å². The number of amides is 1. The largest absolute Gasteiger partial charge is 0.367 e. The molecule has 1 heterocycles. The molecule has 0 atom stereocenters. The predicted molar refractivity (Wildman–Crippen MR) is 96.8 cm³/mol. The summed E-state index contributed by atoms with van der Waals surface area (Å²) in [6.07, 6.45) is 8.04. The Hall–Kier alpha value is -1.88. The van der Waals surface area contributed by atoms with Crippen LogP contribution in [0.25, 0.3) is 0 Å². The SMILES string of the molecule is O=C(Nc1ccc(NC2CCCCC2)nc1)c1ccc(Br)cc1. The predicted octanol–water partition coefficient (Wildman–Crippen LogP) is 4.84. The summed E-state index contributed by atoms with van der Waals surface area (Å²) in [5.74, 6) is 0.742. The van der Waals surface area contributed by atoms with E-state index < -0.39 is 0 Å². The van der Waals surface area contributed by atoms with Gasteiger partial charge in [-0.15, -0.1) is 0 Å². The molecule has 0 aliphatic heterocycles. The molecule has 2 N–H and O–H groups in total. The van der Waals surface area contributed by atoms with Crippen LogP contribution in [0.2, 0.25) is 0 Å². The first-order valence-electron chi connectivity index (χ1n) is 8.00. The number of nitrogens with one attached hydrogen (secondary N) is 2. The fourth-order valence-electron chi connectivity index (χ4n) is 2.81. The van der Waals surface area contributed by atoms with Crippen molar-refractivity contribution in [3.05, 3.63) is 52.6 Å². The molecule has 4 nitrogen and oxygen atoms in total. The fraction of sp³-hybridized carbons (Fsp3) is 0.333. The van der Waals surface area contributed by atoms with Gasteiger partial charge >= 0.3 is 0 Å². The number of aromatic nitrogens is 1. The van der Waals surface area contributed by atoms with Crippen molar-refractivity contribution in [2.24, 2.45) is 0 Å². The van der Waals surface area contributed by atoms with E-state index in [0.29, 0.717) is 17.3 Å². The van der Waals surface area contributed by atoms with E-state index in [1.165, 1.54) is 32.1 Å². The first-order valence-corrected chi connectivity index (χ1v) is 8.79. The van der Waals surface area contributed by atoms with E-state index >= 15 is 0 Å². The molecule has 1 aliphatic carbocycles. The van der Waals surface area contributed by atoms with Gasteiger partial charge in [-0.05, 0) is 49.2 Å². The summed E-state index contributed by atoms with van der Waals surface area (Å²) in [6.45, 7) is 0. The highest BCUT2D eigenvalue weighted by Crippen LogP contribution is 2.21. The zero-order valence-corrected chi connectivity index (χ0v) is 14.5. The number of carbonyl (C=O) groups is 1. The number of anilines is 2. The van der Waals surface area contributed by atoms with Crippen molar-refractivity contribution < 1.29 is 4.79 Å². The van der Waals surface area contributed by atoms with Gasteiger partial charge in [-0.3, -0.25) is 4.79 Å². The zero-order valence-electron chi connectivity index (χ0n) is 12.9. The lowest BCUT2D eigenvalue weighted by atomic mass is 9.95. The molecule has 1 saturated carbocycles. The monoisotopic (exact) mass is 373 g/mol. The summed E-state index contributed by atoms with van der Waals surface area (Å²) in [5.41, 5.74) is 1.32. The number of pyridine rings is 1. The van der Waals surface area contributed by atoms with Crippen LogP contribution in [0, 0.1) is 0 Å². The number of hydrogen-bond donors (Lipinski definition) is 2. The van der Waals surface area contributed by atoms with Gasteiger partial charge in [-0.25, -0.2) is 4.98 Å². The van der Waals surface area contributed by atoms with Crippen LogP contribution in [0.1, 0.15) is 42.5 Å². The zero-order chi connectivity index (χ0) is 16.1. The Bertz CT molecular complexity index is 649. The average Bonchev–Trinajstić information content (AvgIpc) is 2.58. The number of rotatable bonds is 4. The third-order valence-corrected chi connectivity index (χ3v) is 4.61. The summed E-state index contributed by atoms with van der Waals surface area (Å²) in [7, 11) is 0. The Kier molecular flexibility index (Phi) is 5.28. The molecular weight excluding hydrogens is 354 g/mol. The van der Waals surface area contributed by atoms with E-state index in [2.05, 4.69) is 31.5 Å². The maximum atomic E-state index is 12.2. The maximum absolute atomic E-state index is 12.2. The highest BCUT2D eigenvalue weighted by atomic mass is 79.9. The van der Waals surface area contributed by atoms with Crippen molar-refractivity contribution in [1.29, 1.82) is 0 Å². The van der Waals surface area contributed by atoms with Crippen molar-refractivity contribution in [2.45, 2.75) is 38.1 Å². The highest BCUT2D eigenvalue weighted by Gasteiger charge is 2.13. The molecule has 1 aliphatic rings. The molecule has 0 radical (unpaired) electrons. The smallest absolute Gasteiger partial charge is 0.255 e. The topological polar surface area (TPSA) is 54.0 Å². The van der Waals surface area contributed by atoms with Crippen LogP contribution in [0.4, 0.5) is 11.5 Å². The Morgan fingerprint density at radius 2 is 1.78 bits per heavy atom. The lowest BCUT2D eigenvalue weighted by Gasteiger charge is -2.23. The molecule has 2 aromatic rings. The quantitative estimate of drug-likeness (QED) is 0.805. The van der Waals surface area contributed by atoms with E-state index in [4.69, 9.17) is 0 Å². The number of nitrogens with zero attached hydrogens (tertiary/aromatic N) is 1. The lowest BCUT2D eigenvalue weighted by molar-refractivity contribution is 0.102. The molecule has 0 bridgehead atoms. The highest BCUT2D eigenvalue weighted by molar-refractivity contribution is 9.10. The summed E-state index contributed by atoms with van der Waals surface area (Å²) < 4.78 is 0.953. The molecule has 1 amide bonds. The first-order chi connectivity index (χ1) is 11.2. The van der Waals surface area contributed by atoms with Crippen LogP contribution >= 0.6 is 15.9 Å². The Labute approximate surface area is 144 Å². The van der Waals surface area contributed by atoms with Crippen LogP contribution in [0.15, 0.2) is 47.1 Å². The average molecular weight is 374 g/mol. The third kappa shape index (κ3) is 4.55. The van der Waals surface area contributed by atoms with E-state index in [0.717, 1.165) is 10.3 Å². The second-order valence-electron chi connectivity index (χ2n) is 5.87. The van der Waals surface area contributed by atoms with Gasteiger partial charge in [0, 0.05) is 16.1 Å². The molecule has 1 aromatic carbocycles. The molecule has 5 heteroatoms. The standard InChI is InChI=1S/C18H20BrN3O/c19-14-8-6-13(7-9-14)18(23)22-16-10-11-17(20-12-16)21-15-4-2-1-3-5-15/h6-12,15H,1-5H2,(H,20,21)(H,22,23). The minimum atomic E-state index is -0.132. The second kappa shape index (κ2) is 7.59. The van der Waals surface area contributed by atoms with Gasteiger partial charge in [-0.2, -0.15) is 0 Å². The van der Waals surface area contributed by atoms with E-state index in [-0.39, 0.29) is 5.91 Å². The van der Waals surface area contributed by atoms with Gasteiger partial charge in [0.2, 0.25) is 0 Å². The Morgan fingerprint density at radius 1 is 1.04 bits per heavy atom. The molecule has 0 spiro atoms. The molecule has 3 rings (SSSR count). The van der Waals surface area contributed by atoms with Gasteiger partial charge in [0.1, 0.15) is 5.82 Å². The van der Waals surface area contributed by atoms with Crippen LogP contribution in [-0.2, 0) is 0 Å². The van der Waals surface area contributed by atoms with Gasteiger partial charge < -0.3 is 10.6 Å². The van der Waals surface area contributed by atoms with Crippen LogP contribution in [0.5, 0.6) is 0 Å². The Balaban J connectivity index is 1.58. The third-order valence-electron chi connectivity index (χ3n) is 4.08. The van der Waals surface area contributed by atoms with Gasteiger partial charge in [-0.1, -0.05) is 35.2 Å². The van der Waals surface area contributed by atoms with Gasteiger partial charge in [0.25, 0.3) is 5.91 Å². The summed E-state index contributed by atoms with van der Waals surface area (Å²) in [4.78, 5) is 16.6. The summed E-state index contributed by atoms with van der Waals surface area (Å²) in [6, 6.07) is 11.6. The van der Waals surface area contributed by atoms with Gasteiger partial charge in [0.05, 0.1) is 11.9 Å². The lowest BCUT2D eigenvalue weighted by Crippen LogP contribution is -2.22. The van der Waals surface area contributed by atoms with Crippen molar-refractivity contribution in [3.63, 3.8) is 0 Å². The van der Waals surface area contributed by atoms with Crippen LogP contribution in [-0.4, -0.2) is 16.9 Å². The molecule has 0 unspecified atom stereocenters. The normalized spacial score (nSPS) is 15.2. The second-order valence-corrected chi connectivity index (χ2v) is 6.79. The van der Waals surface area contributed by atoms with Crippen molar-refractivity contribution in [1.82, 2.24) is 4.98 Å². The molecule has 1 fully saturated rings. The van der Waals surface area contributed by atoms with E-state index in [9.17, 15) is 4.79 Å². The number of benzene rings is 1. The molecule has 120 valence electrons. The van der Waals surface area contributed by atoms with Crippen LogP contribution in [0.3, 0.4) is 0 Å². The minimum Gasteiger partial charge on any atom is -0.367 e. The fourth-order valence-corrected chi connectivity index (χ4v) is 3.08. The molecule has 1 aromatic heterocycles. The van der Waals surface area contributed by atoms with E-state index in [1.807, 2.05) is 24.3 Å². The van der Waals surface area contributed by atoms with Crippen molar-refractivity contribution in [2.75, 3.05) is 10.6 Å². The number of hydrogen-bond acceptors (Lipinski definition) is 3. The molecule has 0 saturated heterocycles. The number of carbonyl (C=O) groups excluding carboxylic acids is 1. The number of halogens is 1. The van der Waals surface area contributed by atoms with E-state index in [1.54, 1.807) is 18.3 Å². The molecule has 23 heavy (non-hydrogen) atoms. The maximum Gasteiger partial charge on any atom is 0.255 e. The summed E-state index contributed by atoms with van der Waals surface area (Å²) >= 11 is 3.36. The Morgan fingerprint density at radius 3 is 2.43 bits per heavy atom. The van der Waals surface area contributed by atoms with Crippen molar-refractivity contribution in [3.8, 4) is 0 Å². The van der Waals surface area contributed by atoms with Crippen LogP contribution < -0.4 is 10.6 Å². The first kappa shape index (κ1) is 16.0. The van der Waals surface area contributed by atoms with Crippen molar-refractivity contribution >= 4 is 33.3 Å².